The Balaban J connectivity index is 1.61. The van der Waals surface area contributed by atoms with Gasteiger partial charge in [0.15, 0.2) is 5.78 Å². The van der Waals surface area contributed by atoms with Gasteiger partial charge < -0.3 is 9.74 Å². The van der Waals surface area contributed by atoms with Gasteiger partial charge in [0.25, 0.3) is 0 Å². The summed E-state index contributed by atoms with van der Waals surface area (Å²) in [5.41, 5.74) is 1.91. The van der Waals surface area contributed by atoms with Crippen LogP contribution in [0.25, 0.3) is 0 Å². The molecule has 0 spiro atoms. The van der Waals surface area contributed by atoms with Crippen molar-refractivity contribution in [2.24, 2.45) is 33.7 Å². The molecule has 3 fully saturated rings. The van der Waals surface area contributed by atoms with Gasteiger partial charge in [-0.25, -0.2) is 0 Å². The Morgan fingerprint density at radius 3 is 2.53 bits per heavy atom. The number of fused-ring (bicyclic) bond motifs is 5. The normalized spacial score (nSPS) is 39.6. The van der Waals surface area contributed by atoms with Crippen molar-refractivity contribution in [3.63, 3.8) is 0 Å². The molecule has 0 heterocycles. The van der Waals surface area contributed by atoms with Gasteiger partial charge in [-0.05, 0) is 80.0 Å². The molecule has 0 aliphatic heterocycles. The summed E-state index contributed by atoms with van der Waals surface area (Å²) in [5.74, 6) is 2.13. The summed E-state index contributed by atoms with van der Waals surface area (Å²) >= 11 is 0. The van der Waals surface area contributed by atoms with Crippen LogP contribution in [0.15, 0.2) is 16.8 Å². The monoisotopic (exact) mass is 414 g/mol. The Labute approximate surface area is 181 Å². The zero-order valence-electron chi connectivity index (χ0n) is 19.2. The highest BCUT2D eigenvalue weighted by Gasteiger charge is 2.60. The van der Waals surface area contributed by atoms with E-state index < -0.39 is 0 Å². The summed E-state index contributed by atoms with van der Waals surface area (Å²) in [5, 5.41) is 4.62. The number of hydrogen-bond donors (Lipinski definition) is 0. The molecule has 0 aromatic heterocycles. The SMILES string of the molecule is CCN(CC)CCO/N=C1\CC2C3CCC(=O)C3(C)CCC2C2(C)CCC(=O)C=C12. The van der Waals surface area contributed by atoms with Crippen molar-refractivity contribution in [3.05, 3.63) is 11.6 Å². The number of Topliss-reactive ketones (excluding diaryl/α,β-unsaturated/α-hetero) is 1. The van der Waals surface area contributed by atoms with Gasteiger partial charge in [0.05, 0.1) is 5.71 Å². The number of oxime groups is 1. The lowest BCUT2D eigenvalue weighted by Gasteiger charge is -2.56. The number of allylic oxidation sites excluding steroid dienone is 1. The van der Waals surface area contributed by atoms with Crippen molar-refractivity contribution in [2.75, 3.05) is 26.2 Å². The number of hydrogen-bond acceptors (Lipinski definition) is 5. The molecule has 0 aromatic rings. The third-order valence-electron chi connectivity index (χ3n) is 9.08. The van der Waals surface area contributed by atoms with Gasteiger partial charge in [-0.3, -0.25) is 9.59 Å². The van der Waals surface area contributed by atoms with Gasteiger partial charge in [0.1, 0.15) is 12.4 Å². The number of ketones is 2. The van der Waals surface area contributed by atoms with Gasteiger partial charge >= 0.3 is 0 Å². The van der Waals surface area contributed by atoms with Gasteiger partial charge in [-0.1, -0.05) is 32.9 Å². The minimum absolute atomic E-state index is 0.0230. The van der Waals surface area contributed by atoms with E-state index >= 15 is 0 Å². The van der Waals surface area contributed by atoms with E-state index in [1.807, 2.05) is 6.08 Å². The fourth-order valence-electron chi connectivity index (χ4n) is 7.10. The molecule has 5 unspecified atom stereocenters. The van der Waals surface area contributed by atoms with E-state index in [9.17, 15) is 9.59 Å². The molecule has 0 aromatic carbocycles. The third-order valence-corrected chi connectivity index (χ3v) is 9.08. The number of rotatable bonds is 6. The number of carbonyl (C=O) groups excluding carboxylic acids is 2. The van der Waals surface area contributed by atoms with E-state index in [4.69, 9.17) is 4.84 Å². The lowest BCUT2D eigenvalue weighted by Crippen LogP contribution is -2.53. The molecular formula is C25H38N2O3. The maximum absolute atomic E-state index is 12.7. The Kier molecular flexibility index (Phi) is 5.95. The predicted octanol–water partition coefficient (Wildman–Crippen LogP) is 4.41. The van der Waals surface area contributed by atoms with Crippen molar-refractivity contribution < 1.29 is 14.4 Å². The largest absolute Gasteiger partial charge is 0.394 e. The van der Waals surface area contributed by atoms with Gasteiger partial charge in [0.2, 0.25) is 0 Å². The van der Waals surface area contributed by atoms with E-state index in [1.165, 1.54) is 0 Å². The third kappa shape index (κ3) is 3.47. The summed E-state index contributed by atoms with van der Waals surface area (Å²) < 4.78 is 0. The topological polar surface area (TPSA) is 59.0 Å². The van der Waals surface area contributed by atoms with Crippen molar-refractivity contribution in [1.82, 2.24) is 4.90 Å². The first-order chi connectivity index (χ1) is 14.3. The average molecular weight is 415 g/mol. The summed E-state index contributed by atoms with van der Waals surface area (Å²) in [7, 11) is 0. The van der Waals surface area contributed by atoms with E-state index in [2.05, 4.69) is 37.8 Å². The second kappa shape index (κ2) is 8.22. The Morgan fingerprint density at radius 2 is 1.80 bits per heavy atom. The smallest absolute Gasteiger partial charge is 0.156 e. The van der Waals surface area contributed by atoms with Crippen LogP contribution in [0.4, 0.5) is 0 Å². The van der Waals surface area contributed by atoms with Crippen LogP contribution in [-0.2, 0) is 14.4 Å². The lowest BCUT2D eigenvalue weighted by atomic mass is 9.47. The number of likely N-dealkylation sites (N-methyl/N-ethyl adjacent to an activating group) is 1. The quantitative estimate of drug-likeness (QED) is 0.477. The molecule has 0 N–H and O–H groups in total. The zero-order valence-corrected chi connectivity index (χ0v) is 19.2. The zero-order chi connectivity index (χ0) is 21.5. The van der Waals surface area contributed by atoms with Gasteiger partial charge in [0, 0.05) is 24.8 Å². The molecule has 0 saturated heterocycles. The Hall–Kier alpha value is -1.49. The molecule has 4 aliphatic rings. The lowest BCUT2D eigenvalue weighted by molar-refractivity contribution is -0.131. The van der Waals surface area contributed by atoms with Gasteiger partial charge in [-0.2, -0.15) is 0 Å². The molecular weight excluding hydrogens is 376 g/mol. The molecule has 0 radical (unpaired) electrons. The fourth-order valence-corrected chi connectivity index (χ4v) is 7.10. The van der Waals surface area contributed by atoms with Crippen molar-refractivity contribution >= 4 is 17.3 Å². The van der Waals surface area contributed by atoms with Crippen molar-refractivity contribution in [3.8, 4) is 0 Å². The van der Waals surface area contributed by atoms with E-state index in [0.29, 0.717) is 36.6 Å². The molecule has 5 heteroatoms. The highest BCUT2D eigenvalue weighted by Crippen LogP contribution is 2.63. The highest BCUT2D eigenvalue weighted by molar-refractivity contribution is 6.08. The summed E-state index contributed by atoms with van der Waals surface area (Å²) in [4.78, 5) is 33.1. The molecule has 4 aliphatic carbocycles. The minimum Gasteiger partial charge on any atom is -0.394 e. The summed E-state index contributed by atoms with van der Waals surface area (Å²) in [6, 6.07) is 0. The minimum atomic E-state index is -0.155. The maximum Gasteiger partial charge on any atom is 0.156 e. The molecule has 5 nitrogen and oxygen atoms in total. The van der Waals surface area contributed by atoms with Crippen LogP contribution in [0.3, 0.4) is 0 Å². The number of carbonyl (C=O) groups is 2. The summed E-state index contributed by atoms with van der Waals surface area (Å²) in [6.07, 6.45) is 8.06. The van der Waals surface area contributed by atoms with E-state index in [-0.39, 0.29) is 16.6 Å². The van der Waals surface area contributed by atoms with E-state index in [0.717, 1.165) is 69.4 Å². The number of nitrogens with zero attached hydrogens (tertiary/aromatic N) is 2. The molecule has 4 rings (SSSR count). The maximum atomic E-state index is 12.7. The van der Waals surface area contributed by atoms with Crippen LogP contribution < -0.4 is 0 Å². The molecule has 0 bridgehead atoms. The highest BCUT2D eigenvalue weighted by atomic mass is 16.6. The van der Waals surface area contributed by atoms with Gasteiger partial charge in [-0.15, -0.1) is 0 Å². The van der Waals surface area contributed by atoms with Crippen LogP contribution in [0.5, 0.6) is 0 Å². The van der Waals surface area contributed by atoms with Crippen molar-refractivity contribution in [1.29, 1.82) is 0 Å². The Morgan fingerprint density at radius 1 is 1.07 bits per heavy atom. The van der Waals surface area contributed by atoms with Crippen LogP contribution in [0.1, 0.15) is 72.6 Å². The van der Waals surface area contributed by atoms with Crippen LogP contribution in [0, 0.1) is 28.6 Å². The first kappa shape index (κ1) is 21.7. The van der Waals surface area contributed by atoms with E-state index in [1.54, 1.807) is 0 Å². The second-order valence-corrected chi connectivity index (χ2v) is 10.3. The molecule has 30 heavy (non-hydrogen) atoms. The van der Waals surface area contributed by atoms with Crippen LogP contribution in [0.2, 0.25) is 0 Å². The first-order valence-electron chi connectivity index (χ1n) is 12.0. The van der Waals surface area contributed by atoms with Crippen molar-refractivity contribution in [2.45, 2.75) is 72.6 Å². The molecule has 166 valence electrons. The molecule has 0 amide bonds. The summed E-state index contributed by atoms with van der Waals surface area (Å²) in [6.45, 7) is 12.3. The predicted molar refractivity (Wildman–Crippen MR) is 118 cm³/mol. The van der Waals surface area contributed by atoms with Crippen LogP contribution in [-0.4, -0.2) is 48.4 Å². The average Bonchev–Trinajstić information content (AvgIpc) is 3.04. The second-order valence-electron chi connectivity index (χ2n) is 10.3. The standard InChI is InChI=1S/C25H38N2O3/c1-5-27(6-2)13-14-30-26-22-16-18-19-7-8-23(29)25(19,4)12-10-20(18)24(3)11-9-17(28)15-21(22)24/h15,18-20H,5-14,16H2,1-4H3/b26-22+. The Bertz CT molecular complexity index is 768. The molecule has 3 saturated carbocycles. The first-order valence-corrected chi connectivity index (χ1v) is 12.0. The fraction of sp³-hybridized carbons (Fsp3) is 0.800. The molecule has 5 atom stereocenters. The van der Waals surface area contributed by atoms with Crippen LogP contribution >= 0.6 is 0 Å².